The Morgan fingerprint density at radius 2 is 1.58 bits per heavy atom. The standard InChI is InChI=1S/C25H25N3O3/c1-30-21-9-7-18(8-10-21)23(17-26)27-11-13-28(14-12-27)25(29)22-15-19-5-3-4-6-20(19)16-24(22)31-2/h3-10,15-16,23H,11-14H2,1-2H3. The highest BCUT2D eigenvalue weighted by atomic mass is 16.5. The molecule has 0 aromatic heterocycles. The number of hydrogen-bond donors (Lipinski definition) is 0. The van der Waals surface area contributed by atoms with Gasteiger partial charge in [-0.1, -0.05) is 36.4 Å². The lowest BCUT2D eigenvalue weighted by molar-refractivity contribution is 0.0603. The number of amides is 1. The lowest BCUT2D eigenvalue weighted by atomic mass is 10.0. The van der Waals surface area contributed by atoms with Crippen molar-refractivity contribution in [1.29, 1.82) is 5.26 Å². The quantitative estimate of drug-likeness (QED) is 0.633. The van der Waals surface area contributed by atoms with Crippen molar-refractivity contribution in [3.05, 3.63) is 71.8 Å². The van der Waals surface area contributed by atoms with E-state index in [0.29, 0.717) is 37.5 Å². The molecule has 6 heteroatoms. The van der Waals surface area contributed by atoms with Gasteiger partial charge in [0.15, 0.2) is 0 Å². The first-order chi connectivity index (χ1) is 15.1. The molecular formula is C25H25N3O3. The molecule has 1 fully saturated rings. The summed E-state index contributed by atoms with van der Waals surface area (Å²) in [6.07, 6.45) is 0. The molecule has 158 valence electrons. The second kappa shape index (κ2) is 9.07. The van der Waals surface area contributed by atoms with Gasteiger partial charge in [-0.05, 0) is 40.6 Å². The summed E-state index contributed by atoms with van der Waals surface area (Å²) in [5, 5.41) is 11.8. The van der Waals surface area contributed by atoms with Crippen LogP contribution in [-0.4, -0.2) is 56.1 Å². The molecule has 0 spiro atoms. The van der Waals surface area contributed by atoms with Gasteiger partial charge in [0.05, 0.1) is 25.9 Å². The highest BCUT2D eigenvalue weighted by Gasteiger charge is 2.28. The first-order valence-electron chi connectivity index (χ1n) is 10.3. The van der Waals surface area contributed by atoms with E-state index in [9.17, 15) is 10.1 Å². The Balaban J connectivity index is 1.48. The molecule has 6 nitrogen and oxygen atoms in total. The van der Waals surface area contributed by atoms with Crippen LogP contribution < -0.4 is 9.47 Å². The summed E-state index contributed by atoms with van der Waals surface area (Å²) in [4.78, 5) is 17.2. The van der Waals surface area contributed by atoms with Crippen molar-refractivity contribution in [1.82, 2.24) is 9.80 Å². The summed E-state index contributed by atoms with van der Waals surface area (Å²) in [6, 6.07) is 21.4. The first kappa shape index (κ1) is 20.7. The number of rotatable bonds is 5. The van der Waals surface area contributed by atoms with Crippen molar-refractivity contribution in [2.75, 3.05) is 40.4 Å². The van der Waals surface area contributed by atoms with Crippen molar-refractivity contribution < 1.29 is 14.3 Å². The van der Waals surface area contributed by atoms with Gasteiger partial charge in [-0.2, -0.15) is 5.26 Å². The average molecular weight is 415 g/mol. The number of carbonyl (C=O) groups excluding carboxylic acids is 1. The monoisotopic (exact) mass is 415 g/mol. The van der Waals surface area contributed by atoms with Crippen molar-refractivity contribution >= 4 is 16.7 Å². The number of hydrogen-bond acceptors (Lipinski definition) is 5. The fourth-order valence-corrected chi connectivity index (χ4v) is 4.06. The molecule has 0 N–H and O–H groups in total. The lowest BCUT2D eigenvalue weighted by Crippen LogP contribution is -2.49. The van der Waals surface area contributed by atoms with E-state index in [1.54, 1.807) is 14.2 Å². The van der Waals surface area contributed by atoms with E-state index in [-0.39, 0.29) is 11.9 Å². The number of ether oxygens (including phenoxy) is 2. The highest BCUT2D eigenvalue weighted by molar-refractivity contribution is 6.01. The third-order valence-corrected chi connectivity index (χ3v) is 5.82. The van der Waals surface area contributed by atoms with Crippen LogP contribution in [0.4, 0.5) is 0 Å². The zero-order valence-corrected chi connectivity index (χ0v) is 17.7. The summed E-state index contributed by atoms with van der Waals surface area (Å²) in [6.45, 7) is 2.38. The van der Waals surface area contributed by atoms with Crippen molar-refractivity contribution in [3.63, 3.8) is 0 Å². The van der Waals surface area contributed by atoms with Crippen LogP contribution in [0, 0.1) is 11.3 Å². The predicted octanol–water partition coefficient (Wildman–Crippen LogP) is 3.88. The molecule has 1 heterocycles. The Kier molecular flexibility index (Phi) is 6.06. The van der Waals surface area contributed by atoms with E-state index >= 15 is 0 Å². The largest absolute Gasteiger partial charge is 0.497 e. The fraction of sp³-hybridized carbons (Fsp3) is 0.280. The number of fused-ring (bicyclic) bond motifs is 1. The summed E-state index contributed by atoms with van der Waals surface area (Å²) in [5.41, 5.74) is 1.50. The van der Waals surface area contributed by atoms with Gasteiger partial charge < -0.3 is 14.4 Å². The molecule has 0 aliphatic carbocycles. The van der Waals surface area contributed by atoms with Crippen LogP contribution in [0.1, 0.15) is 22.0 Å². The number of benzene rings is 3. The second-order valence-electron chi connectivity index (χ2n) is 7.53. The van der Waals surface area contributed by atoms with Crippen LogP contribution in [0.3, 0.4) is 0 Å². The molecule has 1 amide bonds. The average Bonchev–Trinajstić information content (AvgIpc) is 2.84. The maximum atomic E-state index is 13.3. The number of methoxy groups -OCH3 is 2. The Bertz CT molecular complexity index is 1110. The van der Waals surface area contributed by atoms with Crippen molar-refractivity contribution in [2.24, 2.45) is 0 Å². The summed E-state index contributed by atoms with van der Waals surface area (Å²) in [5.74, 6) is 1.31. The van der Waals surface area contributed by atoms with Crippen LogP contribution in [0.25, 0.3) is 10.8 Å². The molecule has 1 unspecified atom stereocenters. The van der Waals surface area contributed by atoms with Gasteiger partial charge in [-0.15, -0.1) is 0 Å². The molecule has 0 radical (unpaired) electrons. The van der Waals surface area contributed by atoms with Gasteiger partial charge >= 0.3 is 0 Å². The summed E-state index contributed by atoms with van der Waals surface area (Å²) >= 11 is 0. The molecule has 1 aliphatic heterocycles. The molecular weight excluding hydrogens is 390 g/mol. The zero-order valence-electron chi connectivity index (χ0n) is 17.7. The first-order valence-corrected chi connectivity index (χ1v) is 10.3. The smallest absolute Gasteiger partial charge is 0.257 e. The zero-order chi connectivity index (χ0) is 21.8. The normalized spacial score (nSPS) is 15.3. The third kappa shape index (κ3) is 4.18. The Morgan fingerprint density at radius 3 is 2.16 bits per heavy atom. The molecule has 0 bridgehead atoms. The number of nitriles is 1. The van der Waals surface area contributed by atoms with E-state index in [4.69, 9.17) is 9.47 Å². The van der Waals surface area contributed by atoms with Gasteiger partial charge in [-0.25, -0.2) is 0 Å². The van der Waals surface area contributed by atoms with Crippen LogP contribution in [0.15, 0.2) is 60.7 Å². The minimum Gasteiger partial charge on any atom is -0.497 e. The summed E-state index contributed by atoms with van der Waals surface area (Å²) in [7, 11) is 3.21. The lowest BCUT2D eigenvalue weighted by Gasteiger charge is -2.37. The van der Waals surface area contributed by atoms with Crippen LogP contribution in [-0.2, 0) is 0 Å². The van der Waals surface area contributed by atoms with E-state index in [0.717, 1.165) is 22.1 Å². The minimum absolute atomic E-state index is 0.0415. The molecule has 0 saturated carbocycles. The fourth-order valence-electron chi connectivity index (χ4n) is 4.06. The maximum absolute atomic E-state index is 13.3. The predicted molar refractivity (Wildman–Crippen MR) is 119 cm³/mol. The molecule has 3 aromatic rings. The maximum Gasteiger partial charge on any atom is 0.257 e. The van der Waals surface area contributed by atoms with Gasteiger partial charge in [0, 0.05) is 26.2 Å². The van der Waals surface area contributed by atoms with Crippen LogP contribution in [0.5, 0.6) is 11.5 Å². The SMILES string of the molecule is COc1ccc(C(C#N)N2CCN(C(=O)c3cc4ccccc4cc3OC)CC2)cc1. The number of nitrogens with zero attached hydrogens (tertiary/aromatic N) is 3. The molecule has 31 heavy (non-hydrogen) atoms. The van der Waals surface area contributed by atoms with Gasteiger partial charge in [-0.3, -0.25) is 9.69 Å². The van der Waals surface area contributed by atoms with E-state index in [1.165, 1.54) is 0 Å². The van der Waals surface area contributed by atoms with E-state index in [1.807, 2.05) is 65.6 Å². The molecule has 4 rings (SSSR count). The Labute approximate surface area is 182 Å². The topological polar surface area (TPSA) is 65.8 Å². The molecule has 1 aliphatic rings. The second-order valence-corrected chi connectivity index (χ2v) is 7.53. The van der Waals surface area contributed by atoms with Crippen molar-refractivity contribution in [3.8, 4) is 17.6 Å². The third-order valence-electron chi connectivity index (χ3n) is 5.82. The molecule has 1 saturated heterocycles. The summed E-state index contributed by atoms with van der Waals surface area (Å²) < 4.78 is 10.7. The van der Waals surface area contributed by atoms with Gasteiger partial charge in [0.1, 0.15) is 17.5 Å². The Hall–Kier alpha value is -3.56. The van der Waals surface area contributed by atoms with Gasteiger partial charge in [0.2, 0.25) is 0 Å². The highest BCUT2D eigenvalue weighted by Crippen LogP contribution is 2.28. The van der Waals surface area contributed by atoms with E-state index < -0.39 is 0 Å². The molecule has 1 atom stereocenters. The number of carbonyl (C=O) groups is 1. The van der Waals surface area contributed by atoms with E-state index in [2.05, 4.69) is 11.0 Å². The van der Waals surface area contributed by atoms with Crippen LogP contribution >= 0.6 is 0 Å². The Morgan fingerprint density at radius 1 is 0.935 bits per heavy atom. The van der Waals surface area contributed by atoms with Crippen molar-refractivity contribution in [2.45, 2.75) is 6.04 Å². The van der Waals surface area contributed by atoms with Gasteiger partial charge in [0.25, 0.3) is 5.91 Å². The van der Waals surface area contributed by atoms with Crippen LogP contribution in [0.2, 0.25) is 0 Å². The molecule has 3 aromatic carbocycles. The number of piperazine rings is 1. The minimum atomic E-state index is -0.349.